The van der Waals surface area contributed by atoms with Gasteiger partial charge in [-0.05, 0) is 11.7 Å². The van der Waals surface area contributed by atoms with Gasteiger partial charge in [0, 0.05) is 13.1 Å². The van der Waals surface area contributed by atoms with Crippen LogP contribution in [0, 0.1) is 5.41 Å². The lowest BCUT2D eigenvalue weighted by molar-refractivity contribution is -0.0568. The van der Waals surface area contributed by atoms with Crippen molar-refractivity contribution in [2.75, 3.05) is 26.0 Å². The smallest absolute Gasteiger partial charge is 0.0760 e. The van der Waals surface area contributed by atoms with Crippen LogP contribution in [-0.2, 0) is 4.74 Å². The minimum absolute atomic E-state index is 0.272. The Morgan fingerprint density at radius 2 is 2.08 bits per heavy atom. The highest BCUT2D eigenvalue weighted by molar-refractivity contribution is 7.96. The summed E-state index contributed by atoms with van der Waals surface area (Å²) in [5.74, 6) is 0. The average Bonchev–Trinajstić information content (AvgIpc) is 2.03. The summed E-state index contributed by atoms with van der Waals surface area (Å²) in [5, 5.41) is 0. The summed E-state index contributed by atoms with van der Waals surface area (Å²) in [5.41, 5.74) is 0.272. The topological polar surface area (TPSA) is 12.5 Å². The van der Waals surface area contributed by atoms with Gasteiger partial charge in [-0.15, -0.1) is 0 Å². The number of rotatable bonds is 1. The predicted molar refractivity (Wildman–Crippen MR) is 54.3 cm³/mol. The molecule has 1 saturated heterocycles. The maximum Gasteiger partial charge on any atom is 0.0760 e. The molecule has 2 nitrogen and oxygen atoms in total. The second kappa shape index (κ2) is 3.99. The van der Waals surface area contributed by atoms with Crippen LogP contribution in [0.15, 0.2) is 0 Å². The van der Waals surface area contributed by atoms with E-state index in [1.54, 1.807) is 0 Å². The van der Waals surface area contributed by atoms with Crippen LogP contribution in [0.5, 0.6) is 0 Å². The number of hydrogen-bond donors (Lipinski definition) is 0. The van der Waals surface area contributed by atoms with Gasteiger partial charge in [-0.2, -0.15) is 0 Å². The molecule has 72 valence electrons. The van der Waals surface area contributed by atoms with Gasteiger partial charge in [-0.3, -0.25) is 0 Å². The fourth-order valence-electron chi connectivity index (χ4n) is 1.32. The van der Waals surface area contributed by atoms with Crippen molar-refractivity contribution in [3.05, 3.63) is 0 Å². The molecule has 3 heteroatoms. The Kier molecular flexibility index (Phi) is 3.44. The monoisotopic (exact) mass is 189 g/mol. The van der Waals surface area contributed by atoms with Crippen molar-refractivity contribution >= 4 is 11.9 Å². The Bertz CT molecular complexity index is 144. The number of morpholine rings is 1. The summed E-state index contributed by atoms with van der Waals surface area (Å²) < 4.78 is 8.09. The first-order chi connectivity index (χ1) is 5.54. The van der Waals surface area contributed by atoms with Gasteiger partial charge < -0.3 is 4.74 Å². The molecule has 0 aromatic heterocycles. The van der Waals surface area contributed by atoms with Crippen LogP contribution in [-0.4, -0.2) is 36.4 Å². The van der Waals surface area contributed by atoms with Gasteiger partial charge in [0.15, 0.2) is 0 Å². The zero-order valence-electron chi connectivity index (χ0n) is 8.46. The van der Waals surface area contributed by atoms with Crippen molar-refractivity contribution in [1.29, 1.82) is 0 Å². The van der Waals surface area contributed by atoms with Gasteiger partial charge in [0.05, 0.1) is 12.7 Å². The predicted octanol–water partition coefficient (Wildman–Crippen LogP) is 2.01. The largest absolute Gasteiger partial charge is 0.375 e. The molecular formula is C9H19NOS. The average molecular weight is 189 g/mol. The van der Waals surface area contributed by atoms with E-state index >= 15 is 0 Å². The van der Waals surface area contributed by atoms with Crippen molar-refractivity contribution in [2.24, 2.45) is 5.41 Å². The summed E-state index contributed by atoms with van der Waals surface area (Å²) >= 11 is 1.82. The molecule has 1 fully saturated rings. The number of nitrogens with zero attached hydrogens (tertiary/aromatic N) is 1. The molecule has 1 aliphatic heterocycles. The van der Waals surface area contributed by atoms with E-state index in [0.29, 0.717) is 6.10 Å². The first kappa shape index (κ1) is 10.4. The Labute approximate surface area is 79.8 Å². The van der Waals surface area contributed by atoms with Crippen LogP contribution in [0.25, 0.3) is 0 Å². The van der Waals surface area contributed by atoms with Gasteiger partial charge in [-0.25, -0.2) is 4.31 Å². The molecule has 0 amide bonds. The first-order valence-corrected chi connectivity index (χ1v) is 5.63. The minimum Gasteiger partial charge on any atom is -0.375 e. The van der Waals surface area contributed by atoms with E-state index in [1.165, 1.54) is 0 Å². The van der Waals surface area contributed by atoms with Crippen molar-refractivity contribution in [2.45, 2.75) is 26.9 Å². The lowest BCUT2D eigenvalue weighted by Crippen LogP contribution is -2.45. The summed E-state index contributed by atoms with van der Waals surface area (Å²) in [6.45, 7) is 9.71. The molecule has 0 spiro atoms. The van der Waals surface area contributed by atoms with Gasteiger partial charge in [0.1, 0.15) is 0 Å². The Hall–Kier alpha value is 0.270. The molecule has 1 atom stereocenters. The standard InChI is InChI=1S/C9H19NOS/c1-9(2,3)8-7-10(12-4)5-6-11-8/h8H,5-7H2,1-4H3. The molecule has 1 rings (SSSR count). The summed E-state index contributed by atoms with van der Waals surface area (Å²) in [6.07, 6.45) is 2.52. The summed E-state index contributed by atoms with van der Waals surface area (Å²) in [6, 6.07) is 0. The van der Waals surface area contributed by atoms with E-state index in [4.69, 9.17) is 4.74 Å². The SMILES string of the molecule is CSN1CCOC(C(C)(C)C)C1. The molecule has 12 heavy (non-hydrogen) atoms. The zero-order valence-corrected chi connectivity index (χ0v) is 9.28. The van der Waals surface area contributed by atoms with E-state index in [1.807, 2.05) is 11.9 Å². The van der Waals surface area contributed by atoms with Gasteiger partial charge in [-0.1, -0.05) is 32.7 Å². The quantitative estimate of drug-likeness (QED) is 0.586. The Balaban J connectivity index is 2.46. The number of ether oxygens (including phenoxy) is 1. The van der Waals surface area contributed by atoms with Crippen molar-refractivity contribution in [3.8, 4) is 0 Å². The highest BCUT2D eigenvalue weighted by Gasteiger charge is 2.30. The van der Waals surface area contributed by atoms with E-state index < -0.39 is 0 Å². The van der Waals surface area contributed by atoms with Crippen LogP contribution in [0.2, 0.25) is 0 Å². The van der Waals surface area contributed by atoms with Crippen LogP contribution < -0.4 is 0 Å². The molecule has 0 bridgehead atoms. The molecule has 0 aromatic carbocycles. The minimum atomic E-state index is 0.272. The molecule has 0 radical (unpaired) electrons. The van der Waals surface area contributed by atoms with Gasteiger partial charge in [0.2, 0.25) is 0 Å². The third-order valence-electron chi connectivity index (χ3n) is 2.25. The van der Waals surface area contributed by atoms with Crippen molar-refractivity contribution in [1.82, 2.24) is 4.31 Å². The second-order valence-corrected chi connectivity index (χ2v) is 5.18. The van der Waals surface area contributed by atoms with Crippen LogP contribution in [0.1, 0.15) is 20.8 Å². The van der Waals surface area contributed by atoms with E-state index in [0.717, 1.165) is 19.7 Å². The van der Waals surface area contributed by atoms with Crippen molar-refractivity contribution in [3.63, 3.8) is 0 Å². The van der Waals surface area contributed by atoms with E-state index in [9.17, 15) is 0 Å². The molecule has 0 saturated carbocycles. The molecular weight excluding hydrogens is 170 g/mol. The maximum absolute atomic E-state index is 5.72. The fourth-order valence-corrected chi connectivity index (χ4v) is 1.86. The van der Waals surface area contributed by atoms with Gasteiger partial charge >= 0.3 is 0 Å². The Morgan fingerprint density at radius 3 is 2.58 bits per heavy atom. The van der Waals surface area contributed by atoms with Crippen LogP contribution in [0.4, 0.5) is 0 Å². The zero-order chi connectivity index (χ0) is 9.19. The lowest BCUT2D eigenvalue weighted by Gasteiger charge is -2.38. The third kappa shape index (κ3) is 2.64. The molecule has 1 heterocycles. The number of hydrogen-bond acceptors (Lipinski definition) is 3. The highest BCUT2D eigenvalue weighted by atomic mass is 32.2. The third-order valence-corrected chi connectivity index (χ3v) is 3.10. The molecule has 0 aliphatic carbocycles. The van der Waals surface area contributed by atoms with Crippen LogP contribution in [0.3, 0.4) is 0 Å². The molecule has 1 aliphatic rings. The second-order valence-electron chi connectivity index (χ2n) is 4.30. The summed E-state index contributed by atoms with van der Waals surface area (Å²) in [7, 11) is 0. The van der Waals surface area contributed by atoms with Gasteiger partial charge in [0.25, 0.3) is 0 Å². The highest BCUT2D eigenvalue weighted by Crippen LogP contribution is 2.26. The molecule has 0 N–H and O–H groups in total. The van der Waals surface area contributed by atoms with Crippen LogP contribution >= 0.6 is 11.9 Å². The molecule has 0 aromatic rings. The maximum atomic E-state index is 5.72. The first-order valence-electron chi connectivity index (χ1n) is 4.44. The normalized spacial score (nSPS) is 27.5. The summed E-state index contributed by atoms with van der Waals surface area (Å²) in [4.78, 5) is 0. The fraction of sp³-hybridized carbons (Fsp3) is 1.00. The van der Waals surface area contributed by atoms with Crippen molar-refractivity contribution < 1.29 is 4.74 Å². The molecule has 1 unspecified atom stereocenters. The Morgan fingerprint density at radius 1 is 1.42 bits per heavy atom. The van der Waals surface area contributed by atoms with E-state index in [-0.39, 0.29) is 5.41 Å². The van der Waals surface area contributed by atoms with E-state index in [2.05, 4.69) is 31.3 Å². The lowest BCUT2D eigenvalue weighted by atomic mass is 9.88.